The topological polar surface area (TPSA) is 32.3 Å². The first-order valence-electron chi connectivity index (χ1n) is 6.59. The number of aryl methyl sites for hydroxylation is 1. The van der Waals surface area contributed by atoms with Crippen molar-refractivity contribution in [3.05, 3.63) is 11.8 Å². The molecule has 2 heterocycles. The van der Waals surface area contributed by atoms with Crippen molar-refractivity contribution in [3.8, 4) is 0 Å². The molecule has 1 aromatic heterocycles. The molecule has 0 saturated carbocycles. The zero-order chi connectivity index (χ0) is 14.0. The Hall–Kier alpha value is -1.46. The summed E-state index contributed by atoms with van der Waals surface area (Å²) in [7, 11) is 3.76. The molecule has 0 unspecified atom stereocenters. The minimum absolute atomic E-state index is 0.101. The number of hydrogen-bond acceptors (Lipinski definition) is 4. The van der Waals surface area contributed by atoms with Gasteiger partial charge in [-0.1, -0.05) is 6.92 Å². The van der Waals surface area contributed by atoms with E-state index in [4.69, 9.17) is 0 Å². The van der Waals surface area contributed by atoms with Gasteiger partial charge in [-0.05, 0) is 6.42 Å². The SMILES string of the molecule is CCc1cc(N2CCC(F)(F)CC2)nc(N(C)C)n1. The quantitative estimate of drug-likeness (QED) is 0.844. The van der Waals surface area contributed by atoms with Crippen LogP contribution < -0.4 is 9.80 Å². The Balaban J connectivity index is 2.22. The van der Waals surface area contributed by atoms with Gasteiger partial charge in [0.05, 0.1) is 0 Å². The van der Waals surface area contributed by atoms with E-state index in [1.54, 1.807) is 0 Å². The second-order valence-electron chi connectivity index (χ2n) is 5.11. The molecular weight excluding hydrogens is 250 g/mol. The second kappa shape index (κ2) is 5.27. The van der Waals surface area contributed by atoms with Gasteiger partial charge in [0.1, 0.15) is 5.82 Å². The molecule has 1 aliphatic rings. The second-order valence-corrected chi connectivity index (χ2v) is 5.11. The van der Waals surface area contributed by atoms with Crippen LogP contribution in [0, 0.1) is 0 Å². The summed E-state index contributed by atoms with van der Waals surface area (Å²) in [5.41, 5.74) is 0.936. The first-order chi connectivity index (χ1) is 8.91. The van der Waals surface area contributed by atoms with Gasteiger partial charge < -0.3 is 9.80 Å². The standard InChI is InChI=1S/C13H20F2N4/c1-4-10-9-11(17-12(16-10)18(2)3)19-7-5-13(14,15)6-8-19/h9H,4-8H2,1-3H3. The highest BCUT2D eigenvalue weighted by Crippen LogP contribution is 2.30. The number of anilines is 2. The minimum atomic E-state index is -2.53. The molecule has 2 rings (SSSR count). The third kappa shape index (κ3) is 3.30. The van der Waals surface area contributed by atoms with Crippen LogP contribution in [0.2, 0.25) is 0 Å². The number of hydrogen-bond donors (Lipinski definition) is 0. The van der Waals surface area contributed by atoms with Crippen LogP contribution in [0.3, 0.4) is 0 Å². The minimum Gasteiger partial charge on any atom is -0.356 e. The van der Waals surface area contributed by atoms with Crippen LogP contribution in [-0.2, 0) is 6.42 Å². The molecule has 0 aliphatic carbocycles. The summed E-state index contributed by atoms with van der Waals surface area (Å²) in [6.45, 7) is 2.72. The van der Waals surface area contributed by atoms with Crippen LogP contribution in [-0.4, -0.2) is 43.1 Å². The fourth-order valence-corrected chi connectivity index (χ4v) is 2.08. The summed E-state index contributed by atoms with van der Waals surface area (Å²) in [5.74, 6) is -1.14. The molecular formula is C13H20F2N4. The lowest BCUT2D eigenvalue weighted by Gasteiger charge is -2.33. The fraction of sp³-hybridized carbons (Fsp3) is 0.692. The van der Waals surface area contributed by atoms with Crippen LogP contribution >= 0.6 is 0 Å². The summed E-state index contributed by atoms with van der Waals surface area (Å²) < 4.78 is 26.4. The van der Waals surface area contributed by atoms with Gasteiger partial charge in [0.15, 0.2) is 0 Å². The number of nitrogens with zero attached hydrogens (tertiary/aromatic N) is 4. The predicted molar refractivity (Wildman–Crippen MR) is 72.1 cm³/mol. The lowest BCUT2D eigenvalue weighted by atomic mass is 10.1. The first-order valence-corrected chi connectivity index (χ1v) is 6.59. The Morgan fingerprint density at radius 3 is 2.42 bits per heavy atom. The smallest absolute Gasteiger partial charge is 0.251 e. The summed E-state index contributed by atoms with van der Waals surface area (Å²) >= 11 is 0. The van der Waals surface area contributed by atoms with Gasteiger partial charge >= 0.3 is 0 Å². The van der Waals surface area contributed by atoms with Gasteiger partial charge in [0.25, 0.3) is 5.92 Å². The maximum atomic E-state index is 13.2. The van der Waals surface area contributed by atoms with Crippen molar-refractivity contribution in [2.45, 2.75) is 32.1 Å². The van der Waals surface area contributed by atoms with Crippen LogP contribution in [0.15, 0.2) is 6.07 Å². The van der Waals surface area contributed by atoms with Crippen LogP contribution in [0.4, 0.5) is 20.5 Å². The molecule has 0 atom stereocenters. The molecule has 4 nitrogen and oxygen atoms in total. The van der Waals surface area contributed by atoms with Gasteiger partial charge in [0.2, 0.25) is 5.95 Å². The summed E-state index contributed by atoms with van der Waals surface area (Å²) in [6.07, 6.45) is 0.603. The van der Waals surface area contributed by atoms with Crippen molar-refractivity contribution in [1.29, 1.82) is 0 Å². The number of alkyl halides is 2. The molecule has 0 spiro atoms. The Labute approximate surface area is 112 Å². The largest absolute Gasteiger partial charge is 0.356 e. The molecule has 0 N–H and O–H groups in total. The van der Waals surface area contributed by atoms with Crippen LogP contribution in [0.1, 0.15) is 25.5 Å². The van der Waals surface area contributed by atoms with Crippen molar-refractivity contribution < 1.29 is 8.78 Å². The molecule has 106 valence electrons. The van der Waals surface area contributed by atoms with Crippen molar-refractivity contribution in [2.75, 3.05) is 37.0 Å². The maximum Gasteiger partial charge on any atom is 0.251 e. The van der Waals surface area contributed by atoms with Crippen molar-refractivity contribution in [3.63, 3.8) is 0 Å². The van der Waals surface area contributed by atoms with E-state index in [0.717, 1.165) is 17.9 Å². The predicted octanol–water partition coefficient (Wildman–Crippen LogP) is 2.34. The number of piperidine rings is 1. The summed E-state index contributed by atoms with van der Waals surface area (Å²) in [5, 5.41) is 0. The van der Waals surface area contributed by atoms with Crippen molar-refractivity contribution >= 4 is 11.8 Å². The van der Waals surface area contributed by atoms with E-state index < -0.39 is 5.92 Å². The summed E-state index contributed by atoms with van der Waals surface area (Å²) in [6, 6.07) is 1.90. The fourth-order valence-electron chi connectivity index (χ4n) is 2.08. The lowest BCUT2D eigenvalue weighted by molar-refractivity contribution is -0.0221. The molecule has 0 radical (unpaired) electrons. The van der Waals surface area contributed by atoms with E-state index >= 15 is 0 Å². The third-order valence-electron chi connectivity index (χ3n) is 3.34. The maximum absolute atomic E-state index is 13.2. The molecule has 19 heavy (non-hydrogen) atoms. The Morgan fingerprint density at radius 1 is 1.26 bits per heavy atom. The van der Waals surface area contributed by atoms with Crippen LogP contribution in [0.25, 0.3) is 0 Å². The average molecular weight is 270 g/mol. The Bertz CT molecular complexity index is 438. The highest BCUT2D eigenvalue weighted by Gasteiger charge is 2.34. The zero-order valence-electron chi connectivity index (χ0n) is 11.7. The molecule has 6 heteroatoms. The van der Waals surface area contributed by atoms with Gasteiger partial charge in [-0.25, -0.2) is 13.8 Å². The molecule has 0 bridgehead atoms. The van der Waals surface area contributed by atoms with Crippen molar-refractivity contribution in [2.24, 2.45) is 0 Å². The molecule has 0 aromatic carbocycles. The number of aromatic nitrogens is 2. The van der Waals surface area contributed by atoms with E-state index in [-0.39, 0.29) is 12.8 Å². The zero-order valence-corrected chi connectivity index (χ0v) is 11.7. The number of rotatable bonds is 3. The Kier molecular flexibility index (Phi) is 3.87. The molecule has 0 amide bonds. The third-order valence-corrected chi connectivity index (χ3v) is 3.34. The van der Waals surface area contributed by atoms with Gasteiger partial charge in [-0.2, -0.15) is 4.98 Å². The lowest BCUT2D eigenvalue weighted by Crippen LogP contribution is -2.40. The highest BCUT2D eigenvalue weighted by atomic mass is 19.3. The van der Waals surface area contributed by atoms with E-state index in [1.165, 1.54) is 0 Å². The molecule has 1 aromatic rings. The van der Waals surface area contributed by atoms with E-state index in [0.29, 0.717) is 19.0 Å². The van der Waals surface area contributed by atoms with E-state index in [2.05, 4.69) is 9.97 Å². The van der Waals surface area contributed by atoms with Crippen LogP contribution in [0.5, 0.6) is 0 Å². The van der Waals surface area contributed by atoms with E-state index in [9.17, 15) is 8.78 Å². The number of halogens is 2. The Morgan fingerprint density at radius 2 is 1.89 bits per heavy atom. The normalized spacial score (nSPS) is 18.5. The van der Waals surface area contributed by atoms with Gasteiger partial charge in [0, 0.05) is 51.8 Å². The van der Waals surface area contributed by atoms with Gasteiger partial charge in [-0.15, -0.1) is 0 Å². The van der Waals surface area contributed by atoms with Crippen molar-refractivity contribution in [1.82, 2.24) is 9.97 Å². The average Bonchev–Trinajstić information content (AvgIpc) is 2.38. The molecule has 1 fully saturated rings. The highest BCUT2D eigenvalue weighted by molar-refractivity contribution is 5.46. The molecule has 1 saturated heterocycles. The monoisotopic (exact) mass is 270 g/mol. The van der Waals surface area contributed by atoms with Gasteiger partial charge in [-0.3, -0.25) is 0 Å². The molecule has 1 aliphatic heterocycles. The first kappa shape index (κ1) is 14.0. The summed E-state index contributed by atoms with van der Waals surface area (Å²) in [4.78, 5) is 12.6. The van der Waals surface area contributed by atoms with E-state index in [1.807, 2.05) is 36.9 Å².